The lowest BCUT2D eigenvalue weighted by Crippen LogP contribution is -2.32. The van der Waals surface area contributed by atoms with Crippen molar-refractivity contribution in [3.63, 3.8) is 0 Å². The second-order valence-electron chi connectivity index (χ2n) is 9.52. The zero-order valence-corrected chi connectivity index (χ0v) is 22.4. The molecule has 1 aliphatic heterocycles. The van der Waals surface area contributed by atoms with Crippen LogP contribution in [0.25, 0.3) is 22.5 Å². The minimum Gasteiger partial charge on any atom is -0.322 e. The molecular weight excluding hydrogens is 540 g/mol. The summed E-state index contributed by atoms with van der Waals surface area (Å²) in [5, 5.41) is 17.5. The first-order valence-corrected chi connectivity index (χ1v) is 13.4. The molecule has 0 saturated carbocycles. The van der Waals surface area contributed by atoms with E-state index in [1.807, 2.05) is 48.5 Å². The number of nitrogens with zero attached hydrogens (tertiary/aromatic N) is 4. The first-order valence-electron chi connectivity index (χ1n) is 13.0. The molecule has 0 aliphatic carbocycles. The van der Waals surface area contributed by atoms with E-state index in [-0.39, 0.29) is 23.4 Å². The molecule has 0 saturated heterocycles. The minimum absolute atomic E-state index is 0.0636. The van der Waals surface area contributed by atoms with Crippen LogP contribution in [0.1, 0.15) is 43.9 Å². The van der Waals surface area contributed by atoms with Gasteiger partial charge in [0.2, 0.25) is 0 Å². The number of carbonyl (C=O) groups excluding carboxylic acids is 3. The normalized spacial score (nSPS) is 12.9. The third kappa shape index (κ3) is 5.22. The number of H-pyrrole nitrogens is 1. The van der Waals surface area contributed by atoms with Gasteiger partial charge in [0.1, 0.15) is 0 Å². The molecule has 4 aromatic carbocycles. The Bertz CT molecular complexity index is 1770. The molecule has 2 heterocycles. The van der Waals surface area contributed by atoms with Crippen molar-refractivity contribution < 1.29 is 14.4 Å². The predicted octanol–water partition coefficient (Wildman–Crippen LogP) is 6.06. The number of halogens is 1. The van der Waals surface area contributed by atoms with Crippen LogP contribution in [0.15, 0.2) is 91.0 Å². The third-order valence-electron chi connectivity index (χ3n) is 6.95. The van der Waals surface area contributed by atoms with Gasteiger partial charge in [-0.1, -0.05) is 60.1 Å². The maximum absolute atomic E-state index is 14.0. The monoisotopic (exact) mass is 562 g/mol. The Balaban J connectivity index is 1.36. The largest absolute Gasteiger partial charge is 0.322 e. The number of fused-ring (bicyclic) bond motifs is 1. The number of anilines is 2. The van der Waals surface area contributed by atoms with Gasteiger partial charge in [-0.2, -0.15) is 0 Å². The van der Waals surface area contributed by atoms with Gasteiger partial charge in [0.25, 0.3) is 11.8 Å². The summed E-state index contributed by atoms with van der Waals surface area (Å²) in [5.74, 6) is -0.438. The fraction of sp³-hybridized carbons (Fsp3) is 0.0968. The van der Waals surface area contributed by atoms with Crippen molar-refractivity contribution in [3.8, 4) is 22.5 Å². The number of amides is 2. The number of hydrogen-bond donors (Lipinski definition) is 2. The van der Waals surface area contributed by atoms with E-state index in [1.54, 1.807) is 47.4 Å². The zero-order chi connectivity index (χ0) is 28.3. The number of Topliss-reactive ketones (excluding diaryl/α,β-unsaturated/α-hetero) is 1. The molecule has 0 spiro atoms. The zero-order valence-electron chi connectivity index (χ0n) is 21.7. The Morgan fingerprint density at radius 3 is 2.46 bits per heavy atom. The average molecular weight is 563 g/mol. The lowest BCUT2D eigenvalue weighted by molar-refractivity contribution is 0.0974. The summed E-state index contributed by atoms with van der Waals surface area (Å²) in [6.45, 7) is 0.349. The lowest BCUT2D eigenvalue weighted by Gasteiger charge is -2.24. The molecule has 0 atom stereocenters. The molecule has 9 nitrogen and oxygen atoms in total. The Kier molecular flexibility index (Phi) is 7.09. The summed E-state index contributed by atoms with van der Waals surface area (Å²) in [4.78, 5) is 41.7. The number of tetrazole rings is 1. The van der Waals surface area contributed by atoms with Crippen LogP contribution in [-0.2, 0) is 0 Å². The first kappa shape index (κ1) is 26.1. The molecule has 0 fully saturated rings. The Hall–Kier alpha value is -5.15. The number of nitrogens with one attached hydrogen (secondary N) is 2. The van der Waals surface area contributed by atoms with Crippen molar-refractivity contribution in [3.05, 3.63) is 113 Å². The molecule has 2 amide bonds. The van der Waals surface area contributed by atoms with Crippen molar-refractivity contribution in [2.75, 3.05) is 16.8 Å². The predicted molar refractivity (Wildman–Crippen MR) is 156 cm³/mol. The van der Waals surface area contributed by atoms with Crippen molar-refractivity contribution in [1.82, 2.24) is 20.6 Å². The van der Waals surface area contributed by atoms with Gasteiger partial charge in [-0.05, 0) is 70.4 Å². The van der Waals surface area contributed by atoms with E-state index in [1.165, 1.54) is 0 Å². The van der Waals surface area contributed by atoms with Gasteiger partial charge in [-0.15, -0.1) is 5.10 Å². The van der Waals surface area contributed by atoms with Crippen molar-refractivity contribution in [2.45, 2.75) is 12.8 Å². The minimum atomic E-state index is -0.332. The van der Waals surface area contributed by atoms with Gasteiger partial charge in [0.05, 0.1) is 11.3 Å². The number of ketones is 1. The molecule has 1 aliphatic rings. The lowest BCUT2D eigenvalue weighted by atomic mass is 9.99. The average Bonchev–Trinajstić information content (AvgIpc) is 3.49. The molecule has 0 bridgehead atoms. The standard InChI is InChI=1S/C31H23ClN6O3/c32-20-12-15-27-26(17-20)28(39)11-6-16-38(27)31(41)24-14-13-21(18-25(24)29-34-36-37-35-29)33-30(40)23-10-5-4-9-22(23)19-7-2-1-3-8-19/h1-5,7-10,12-15,17-18H,6,11,16H2,(H,33,40)(H,34,35,36,37). The van der Waals surface area contributed by atoms with Crippen LogP contribution in [0.4, 0.5) is 11.4 Å². The second-order valence-corrected chi connectivity index (χ2v) is 9.96. The maximum Gasteiger partial charge on any atom is 0.259 e. The summed E-state index contributed by atoms with van der Waals surface area (Å²) >= 11 is 6.16. The van der Waals surface area contributed by atoms with Crippen LogP contribution < -0.4 is 10.2 Å². The molecule has 202 valence electrons. The van der Waals surface area contributed by atoms with E-state index in [2.05, 4.69) is 25.9 Å². The smallest absolute Gasteiger partial charge is 0.259 e. The van der Waals surface area contributed by atoms with Crippen LogP contribution in [0, 0.1) is 0 Å². The van der Waals surface area contributed by atoms with Gasteiger partial charge < -0.3 is 10.2 Å². The van der Waals surface area contributed by atoms with Crippen molar-refractivity contribution in [2.24, 2.45) is 0 Å². The Morgan fingerprint density at radius 2 is 1.66 bits per heavy atom. The highest BCUT2D eigenvalue weighted by Gasteiger charge is 2.28. The van der Waals surface area contributed by atoms with E-state index in [9.17, 15) is 14.4 Å². The molecule has 41 heavy (non-hydrogen) atoms. The molecule has 0 radical (unpaired) electrons. The highest BCUT2D eigenvalue weighted by molar-refractivity contribution is 6.31. The Labute approximate surface area is 240 Å². The fourth-order valence-electron chi connectivity index (χ4n) is 5.00. The van der Waals surface area contributed by atoms with Crippen LogP contribution in [0.2, 0.25) is 5.02 Å². The van der Waals surface area contributed by atoms with Crippen LogP contribution >= 0.6 is 11.6 Å². The van der Waals surface area contributed by atoms with Gasteiger partial charge in [0, 0.05) is 40.4 Å². The summed E-state index contributed by atoms with van der Waals surface area (Å²) in [6, 6.07) is 26.9. The van der Waals surface area contributed by atoms with Crippen molar-refractivity contribution in [1.29, 1.82) is 0 Å². The Morgan fingerprint density at radius 1 is 0.854 bits per heavy atom. The molecular formula is C31H23ClN6O3. The van der Waals surface area contributed by atoms with Gasteiger partial charge in [-0.3, -0.25) is 14.4 Å². The summed E-state index contributed by atoms with van der Waals surface area (Å²) in [7, 11) is 0. The molecule has 6 rings (SSSR count). The first-order chi connectivity index (χ1) is 20.0. The summed E-state index contributed by atoms with van der Waals surface area (Å²) in [6.07, 6.45) is 0.816. The molecule has 2 N–H and O–H groups in total. The number of carbonyl (C=O) groups is 3. The van der Waals surface area contributed by atoms with Gasteiger partial charge in [0.15, 0.2) is 11.6 Å². The van der Waals surface area contributed by atoms with Crippen molar-refractivity contribution >= 4 is 40.6 Å². The van der Waals surface area contributed by atoms with Gasteiger partial charge in [-0.25, -0.2) is 5.10 Å². The molecule has 1 aromatic heterocycles. The fourth-order valence-corrected chi connectivity index (χ4v) is 5.17. The number of rotatable bonds is 5. The summed E-state index contributed by atoms with van der Waals surface area (Å²) < 4.78 is 0. The molecule has 5 aromatic rings. The van der Waals surface area contributed by atoms with E-state index in [0.29, 0.717) is 58.0 Å². The number of aromatic nitrogens is 4. The van der Waals surface area contributed by atoms with Crippen LogP contribution in [0.5, 0.6) is 0 Å². The van der Waals surface area contributed by atoms with E-state index < -0.39 is 0 Å². The topological polar surface area (TPSA) is 121 Å². The van der Waals surface area contributed by atoms with Crippen LogP contribution in [-0.4, -0.2) is 44.8 Å². The molecule has 10 heteroatoms. The third-order valence-corrected chi connectivity index (χ3v) is 7.18. The maximum atomic E-state index is 14.0. The number of benzene rings is 4. The van der Waals surface area contributed by atoms with E-state index in [0.717, 1.165) is 11.1 Å². The SMILES string of the molecule is O=C(Nc1ccc(C(=O)N2CCCC(=O)c3cc(Cl)ccc32)c(-c2nnn[nH]2)c1)c1ccccc1-c1ccccc1. The van der Waals surface area contributed by atoms with Gasteiger partial charge >= 0.3 is 0 Å². The highest BCUT2D eigenvalue weighted by Crippen LogP contribution is 2.33. The number of hydrogen-bond acceptors (Lipinski definition) is 6. The summed E-state index contributed by atoms with van der Waals surface area (Å²) in [5.41, 5.74) is 4.30. The quantitative estimate of drug-likeness (QED) is 0.268. The van der Waals surface area contributed by atoms with Crippen LogP contribution in [0.3, 0.4) is 0 Å². The van der Waals surface area contributed by atoms with E-state index >= 15 is 0 Å². The number of aromatic amines is 1. The second kappa shape index (κ2) is 11.1. The van der Waals surface area contributed by atoms with E-state index in [4.69, 9.17) is 11.6 Å². The molecule has 0 unspecified atom stereocenters. The highest BCUT2D eigenvalue weighted by atomic mass is 35.5.